The smallest absolute Gasteiger partial charge is 0.312 e. The molecule has 0 radical (unpaired) electrons. The average Bonchev–Trinajstić information content (AvgIpc) is 2.86. The fraction of sp³-hybridized carbons (Fsp3) is 0.273. The largest absolute Gasteiger partial charge is 0.422 e. The van der Waals surface area contributed by atoms with Crippen LogP contribution >= 0.6 is 27.5 Å². The summed E-state index contributed by atoms with van der Waals surface area (Å²) in [7, 11) is 1.59. The summed E-state index contributed by atoms with van der Waals surface area (Å²) in [5, 5.41) is 11.2. The number of halogens is 1. The minimum absolute atomic E-state index is 0.131. The Morgan fingerprint density at radius 3 is 3.00 bits per heavy atom. The van der Waals surface area contributed by atoms with Crippen molar-refractivity contribution in [3.05, 3.63) is 38.6 Å². The number of methoxy groups -OCH3 is 1. The maximum absolute atomic E-state index is 11.0. The first-order valence-corrected chi connectivity index (χ1v) is 7.10. The lowest BCUT2D eigenvalue weighted by Crippen LogP contribution is -1.96. The predicted octanol–water partition coefficient (Wildman–Crippen LogP) is 3.19. The molecule has 0 aliphatic rings. The van der Waals surface area contributed by atoms with Crippen LogP contribution in [0.15, 0.2) is 22.7 Å². The maximum Gasteiger partial charge on any atom is 0.312 e. The fourth-order valence-corrected chi connectivity index (χ4v) is 2.33. The van der Waals surface area contributed by atoms with Crippen molar-refractivity contribution in [3.8, 4) is 10.9 Å². The molecule has 2 aromatic rings. The standard InChI is InChI=1S/C11H10BrN3O4S/c1-18-5-4-10-13-11(20-14-10)19-9-3-2-7(12)6-8(9)15(16)17/h2-3,6H,4-5H2,1H3. The Morgan fingerprint density at radius 1 is 1.50 bits per heavy atom. The molecule has 2 rings (SSSR count). The van der Waals surface area contributed by atoms with Crippen LogP contribution in [-0.2, 0) is 11.2 Å². The summed E-state index contributed by atoms with van der Waals surface area (Å²) in [6.45, 7) is 0.509. The van der Waals surface area contributed by atoms with Crippen molar-refractivity contribution < 1.29 is 14.4 Å². The monoisotopic (exact) mass is 359 g/mol. The van der Waals surface area contributed by atoms with E-state index in [2.05, 4.69) is 25.3 Å². The van der Waals surface area contributed by atoms with Gasteiger partial charge in [-0.25, -0.2) is 0 Å². The molecule has 0 aliphatic heterocycles. The molecule has 1 aromatic heterocycles. The second kappa shape index (κ2) is 6.73. The summed E-state index contributed by atoms with van der Waals surface area (Å²) in [6, 6.07) is 4.55. The zero-order chi connectivity index (χ0) is 14.5. The van der Waals surface area contributed by atoms with E-state index in [1.807, 2.05) is 0 Å². The Bertz CT molecular complexity index is 619. The van der Waals surface area contributed by atoms with Gasteiger partial charge in [-0.05, 0) is 12.1 Å². The highest BCUT2D eigenvalue weighted by Crippen LogP contribution is 2.34. The first-order chi connectivity index (χ1) is 9.60. The molecule has 1 heterocycles. The van der Waals surface area contributed by atoms with Crippen LogP contribution < -0.4 is 4.74 Å². The van der Waals surface area contributed by atoms with Gasteiger partial charge < -0.3 is 9.47 Å². The molecular weight excluding hydrogens is 350 g/mol. The van der Waals surface area contributed by atoms with E-state index in [4.69, 9.17) is 9.47 Å². The molecule has 0 saturated heterocycles. The second-order valence-electron chi connectivity index (χ2n) is 3.69. The van der Waals surface area contributed by atoms with Crippen LogP contribution in [0.5, 0.6) is 10.9 Å². The maximum atomic E-state index is 11.0. The van der Waals surface area contributed by atoms with E-state index >= 15 is 0 Å². The lowest BCUT2D eigenvalue weighted by Gasteiger charge is -2.02. The average molecular weight is 360 g/mol. The van der Waals surface area contributed by atoms with Crippen LogP contribution in [0.2, 0.25) is 0 Å². The third-order valence-corrected chi connectivity index (χ3v) is 3.42. The molecule has 20 heavy (non-hydrogen) atoms. The number of nitrogens with zero attached hydrogens (tertiary/aromatic N) is 3. The van der Waals surface area contributed by atoms with E-state index in [-0.39, 0.29) is 16.6 Å². The molecule has 7 nitrogen and oxygen atoms in total. The van der Waals surface area contributed by atoms with Gasteiger partial charge in [0.25, 0.3) is 5.19 Å². The van der Waals surface area contributed by atoms with Gasteiger partial charge in [-0.2, -0.15) is 9.36 Å². The summed E-state index contributed by atoms with van der Waals surface area (Å²) in [5.74, 6) is 0.722. The molecule has 0 atom stereocenters. The van der Waals surface area contributed by atoms with Crippen LogP contribution in [0.1, 0.15) is 5.82 Å². The van der Waals surface area contributed by atoms with Crippen LogP contribution in [0.25, 0.3) is 0 Å². The van der Waals surface area contributed by atoms with E-state index in [0.29, 0.717) is 23.3 Å². The lowest BCUT2D eigenvalue weighted by molar-refractivity contribution is -0.385. The summed E-state index contributed by atoms with van der Waals surface area (Å²) >= 11 is 4.23. The van der Waals surface area contributed by atoms with Crippen molar-refractivity contribution in [2.75, 3.05) is 13.7 Å². The number of rotatable bonds is 6. The predicted molar refractivity (Wildman–Crippen MR) is 76.4 cm³/mol. The van der Waals surface area contributed by atoms with Gasteiger partial charge in [0.2, 0.25) is 5.75 Å². The van der Waals surface area contributed by atoms with Crippen LogP contribution in [0.3, 0.4) is 0 Å². The Morgan fingerprint density at radius 2 is 2.30 bits per heavy atom. The van der Waals surface area contributed by atoms with Gasteiger partial charge in [-0.15, -0.1) is 0 Å². The summed E-state index contributed by atoms with van der Waals surface area (Å²) in [4.78, 5) is 14.6. The first kappa shape index (κ1) is 14.8. The normalized spacial score (nSPS) is 10.5. The number of nitro benzene ring substituents is 1. The highest BCUT2D eigenvalue weighted by molar-refractivity contribution is 9.10. The van der Waals surface area contributed by atoms with Gasteiger partial charge in [0.15, 0.2) is 0 Å². The van der Waals surface area contributed by atoms with Crippen molar-refractivity contribution in [3.63, 3.8) is 0 Å². The van der Waals surface area contributed by atoms with Gasteiger partial charge in [0.1, 0.15) is 5.82 Å². The third kappa shape index (κ3) is 3.71. The van der Waals surface area contributed by atoms with Crippen molar-refractivity contribution in [2.45, 2.75) is 6.42 Å². The van der Waals surface area contributed by atoms with E-state index in [1.165, 1.54) is 12.1 Å². The summed E-state index contributed by atoms with van der Waals surface area (Å²) in [5.41, 5.74) is -0.131. The summed E-state index contributed by atoms with van der Waals surface area (Å²) < 4.78 is 15.0. The van der Waals surface area contributed by atoms with Crippen molar-refractivity contribution in [2.24, 2.45) is 0 Å². The van der Waals surface area contributed by atoms with Gasteiger partial charge in [-0.3, -0.25) is 10.1 Å². The second-order valence-corrected chi connectivity index (χ2v) is 5.32. The minimum atomic E-state index is -0.507. The minimum Gasteiger partial charge on any atom is -0.422 e. The van der Waals surface area contributed by atoms with Crippen LogP contribution in [-0.4, -0.2) is 28.0 Å². The highest BCUT2D eigenvalue weighted by atomic mass is 79.9. The number of hydrogen-bond donors (Lipinski definition) is 0. The van der Waals surface area contributed by atoms with Crippen LogP contribution in [0, 0.1) is 10.1 Å². The SMILES string of the molecule is COCCc1nsc(Oc2ccc(Br)cc2[N+](=O)[O-])n1. The van der Waals surface area contributed by atoms with Gasteiger partial charge >= 0.3 is 5.69 Å². The molecule has 0 N–H and O–H groups in total. The summed E-state index contributed by atoms with van der Waals surface area (Å²) in [6.07, 6.45) is 0.568. The molecule has 9 heteroatoms. The van der Waals surface area contributed by atoms with E-state index in [0.717, 1.165) is 11.5 Å². The Kier molecular flexibility index (Phi) is 4.99. The zero-order valence-electron chi connectivity index (χ0n) is 10.4. The lowest BCUT2D eigenvalue weighted by atomic mass is 10.3. The molecule has 0 saturated carbocycles. The zero-order valence-corrected chi connectivity index (χ0v) is 12.8. The van der Waals surface area contributed by atoms with Crippen molar-refractivity contribution in [1.29, 1.82) is 0 Å². The first-order valence-electron chi connectivity index (χ1n) is 5.53. The van der Waals surface area contributed by atoms with Crippen molar-refractivity contribution in [1.82, 2.24) is 9.36 Å². The molecule has 0 amide bonds. The quantitative estimate of drug-likeness (QED) is 0.581. The molecule has 0 bridgehead atoms. The molecule has 0 aliphatic carbocycles. The molecular formula is C11H10BrN3O4S. The third-order valence-electron chi connectivity index (χ3n) is 2.29. The van der Waals surface area contributed by atoms with E-state index in [9.17, 15) is 10.1 Å². The van der Waals surface area contributed by atoms with Gasteiger partial charge in [-0.1, -0.05) is 15.9 Å². The fourth-order valence-electron chi connectivity index (χ4n) is 1.39. The molecule has 1 aromatic carbocycles. The number of aromatic nitrogens is 2. The van der Waals surface area contributed by atoms with Crippen molar-refractivity contribution >= 4 is 33.1 Å². The molecule has 0 spiro atoms. The molecule has 106 valence electrons. The Labute approximate surface area is 127 Å². The van der Waals surface area contributed by atoms with E-state index in [1.54, 1.807) is 13.2 Å². The van der Waals surface area contributed by atoms with E-state index < -0.39 is 4.92 Å². The topological polar surface area (TPSA) is 87.4 Å². The Balaban J connectivity index is 2.17. The molecule has 0 fully saturated rings. The highest BCUT2D eigenvalue weighted by Gasteiger charge is 2.18. The van der Waals surface area contributed by atoms with Gasteiger partial charge in [0.05, 0.1) is 11.5 Å². The number of ether oxygens (including phenoxy) is 2. The number of benzene rings is 1. The Hall–Kier alpha value is -1.58. The van der Waals surface area contributed by atoms with Gasteiger partial charge in [0, 0.05) is 35.6 Å². The molecule has 0 unspecified atom stereocenters. The number of nitro groups is 1. The van der Waals surface area contributed by atoms with Crippen LogP contribution in [0.4, 0.5) is 5.69 Å². The number of hydrogen-bond acceptors (Lipinski definition) is 7.